The number of halogens is 3. The third-order valence-corrected chi connectivity index (χ3v) is 3.03. The lowest BCUT2D eigenvalue weighted by atomic mass is 10.3. The molecule has 0 aliphatic carbocycles. The minimum Gasteiger partial charge on any atom is -0.493 e. The first-order valence-corrected chi connectivity index (χ1v) is 6.37. The molecule has 0 amide bonds. The molecule has 0 fully saturated rings. The lowest BCUT2D eigenvalue weighted by Crippen LogP contribution is -1.98. The second-order valence-electron chi connectivity index (χ2n) is 3.70. The van der Waals surface area contributed by atoms with Gasteiger partial charge in [0.15, 0.2) is 11.5 Å². The van der Waals surface area contributed by atoms with Gasteiger partial charge in [0.2, 0.25) is 0 Å². The Morgan fingerprint density at radius 2 is 1.75 bits per heavy atom. The van der Waals surface area contributed by atoms with Crippen LogP contribution in [0.3, 0.4) is 0 Å². The standard InChI is InChI=1S/C14H10F3O2S/c1-18-12-4-2-3-5-13(12)19-10-6-8-11(9-7-10)20-14(15,16)17/h3-9H,1H3. The van der Waals surface area contributed by atoms with Gasteiger partial charge >= 0.3 is 5.51 Å². The van der Waals surface area contributed by atoms with E-state index in [4.69, 9.17) is 9.47 Å². The van der Waals surface area contributed by atoms with Crippen LogP contribution in [0.1, 0.15) is 0 Å². The summed E-state index contributed by atoms with van der Waals surface area (Å²) < 4.78 is 47.2. The summed E-state index contributed by atoms with van der Waals surface area (Å²) in [6, 6.07) is 13.4. The fourth-order valence-corrected chi connectivity index (χ4v) is 2.02. The largest absolute Gasteiger partial charge is 0.493 e. The molecule has 6 heteroatoms. The Balaban J connectivity index is 2.11. The van der Waals surface area contributed by atoms with Gasteiger partial charge in [-0.1, -0.05) is 6.07 Å². The van der Waals surface area contributed by atoms with Crippen molar-refractivity contribution in [3.8, 4) is 17.2 Å². The van der Waals surface area contributed by atoms with Crippen molar-refractivity contribution in [1.82, 2.24) is 0 Å². The van der Waals surface area contributed by atoms with Crippen LogP contribution in [0.5, 0.6) is 17.2 Å². The predicted molar refractivity (Wildman–Crippen MR) is 70.3 cm³/mol. The molecule has 0 unspecified atom stereocenters. The molecule has 2 aromatic carbocycles. The van der Waals surface area contributed by atoms with Gasteiger partial charge in [0, 0.05) is 4.90 Å². The lowest BCUT2D eigenvalue weighted by molar-refractivity contribution is -0.0328. The maximum atomic E-state index is 12.2. The van der Waals surface area contributed by atoms with Crippen LogP contribution in [0, 0.1) is 6.07 Å². The zero-order valence-corrected chi connectivity index (χ0v) is 11.2. The smallest absolute Gasteiger partial charge is 0.446 e. The molecule has 0 aliphatic rings. The Morgan fingerprint density at radius 1 is 1.05 bits per heavy atom. The molecule has 0 heterocycles. The van der Waals surface area contributed by atoms with E-state index < -0.39 is 5.51 Å². The van der Waals surface area contributed by atoms with Crippen LogP contribution in [0.25, 0.3) is 0 Å². The minimum absolute atomic E-state index is 0.109. The topological polar surface area (TPSA) is 18.5 Å². The highest BCUT2D eigenvalue weighted by Gasteiger charge is 2.29. The van der Waals surface area contributed by atoms with Gasteiger partial charge in [-0.3, -0.25) is 0 Å². The maximum Gasteiger partial charge on any atom is 0.446 e. The van der Waals surface area contributed by atoms with E-state index in [1.54, 1.807) is 18.2 Å². The molecule has 0 saturated carbocycles. The third kappa shape index (κ3) is 4.09. The first-order chi connectivity index (χ1) is 9.48. The average molecular weight is 299 g/mol. The van der Waals surface area contributed by atoms with Crippen molar-refractivity contribution in [1.29, 1.82) is 0 Å². The van der Waals surface area contributed by atoms with Crippen LogP contribution in [-0.2, 0) is 0 Å². The number of hydrogen-bond acceptors (Lipinski definition) is 3. The second kappa shape index (κ2) is 6.09. The van der Waals surface area contributed by atoms with Gasteiger partial charge in [-0.2, -0.15) is 13.2 Å². The van der Waals surface area contributed by atoms with Crippen LogP contribution in [0.4, 0.5) is 13.2 Å². The molecule has 0 aliphatic heterocycles. The van der Waals surface area contributed by atoms with Crippen molar-refractivity contribution in [2.24, 2.45) is 0 Å². The van der Waals surface area contributed by atoms with E-state index >= 15 is 0 Å². The molecule has 2 aromatic rings. The number of thioether (sulfide) groups is 1. The van der Waals surface area contributed by atoms with E-state index in [1.807, 2.05) is 0 Å². The highest BCUT2D eigenvalue weighted by atomic mass is 32.2. The molecule has 0 spiro atoms. The SMILES string of the molecule is COc1c[c]ccc1Oc1ccc(SC(F)(F)F)cc1. The maximum absolute atomic E-state index is 12.2. The minimum atomic E-state index is -4.29. The van der Waals surface area contributed by atoms with E-state index in [0.717, 1.165) is 0 Å². The van der Waals surface area contributed by atoms with Crippen molar-refractivity contribution in [3.63, 3.8) is 0 Å². The summed E-state index contributed by atoms with van der Waals surface area (Å²) in [7, 11) is 1.50. The van der Waals surface area contributed by atoms with Crippen LogP contribution in [-0.4, -0.2) is 12.6 Å². The summed E-state index contributed by atoms with van der Waals surface area (Å²) in [5, 5.41) is 0. The van der Waals surface area contributed by atoms with Gasteiger partial charge in [0.25, 0.3) is 0 Å². The summed E-state index contributed by atoms with van der Waals surface area (Å²) in [5.74, 6) is 1.41. The van der Waals surface area contributed by atoms with E-state index in [9.17, 15) is 13.2 Å². The van der Waals surface area contributed by atoms with E-state index in [-0.39, 0.29) is 16.7 Å². The summed E-state index contributed by atoms with van der Waals surface area (Å²) in [6.45, 7) is 0. The third-order valence-electron chi connectivity index (χ3n) is 2.29. The molecule has 2 nitrogen and oxygen atoms in total. The van der Waals surface area contributed by atoms with Gasteiger partial charge in [0.05, 0.1) is 7.11 Å². The van der Waals surface area contributed by atoms with Crippen molar-refractivity contribution >= 4 is 11.8 Å². The number of benzene rings is 2. The normalized spacial score (nSPS) is 11.2. The van der Waals surface area contributed by atoms with Crippen molar-refractivity contribution < 1.29 is 22.6 Å². The lowest BCUT2D eigenvalue weighted by Gasteiger charge is -2.10. The number of rotatable bonds is 4. The van der Waals surface area contributed by atoms with Gasteiger partial charge < -0.3 is 9.47 Å². The Bertz CT molecular complexity index is 567. The molecule has 0 atom stereocenters. The first-order valence-electron chi connectivity index (χ1n) is 5.56. The highest BCUT2D eigenvalue weighted by molar-refractivity contribution is 8.00. The van der Waals surface area contributed by atoms with Gasteiger partial charge in [-0.25, -0.2) is 0 Å². The van der Waals surface area contributed by atoms with Crippen molar-refractivity contribution in [3.05, 3.63) is 48.5 Å². The molecule has 20 heavy (non-hydrogen) atoms. The van der Waals surface area contributed by atoms with E-state index in [1.165, 1.54) is 31.4 Å². The number of alkyl halides is 3. The monoisotopic (exact) mass is 299 g/mol. The van der Waals surface area contributed by atoms with Crippen molar-refractivity contribution in [2.45, 2.75) is 10.4 Å². The molecule has 0 N–H and O–H groups in total. The molecule has 105 valence electrons. The number of methoxy groups -OCH3 is 1. The van der Waals surface area contributed by atoms with Crippen LogP contribution >= 0.6 is 11.8 Å². The highest BCUT2D eigenvalue weighted by Crippen LogP contribution is 2.38. The number of hydrogen-bond donors (Lipinski definition) is 0. The average Bonchev–Trinajstić information content (AvgIpc) is 2.40. The Morgan fingerprint density at radius 3 is 2.35 bits per heavy atom. The predicted octanol–water partition coefficient (Wildman–Crippen LogP) is 4.90. The van der Waals surface area contributed by atoms with Crippen LogP contribution in [0.2, 0.25) is 0 Å². The van der Waals surface area contributed by atoms with Gasteiger partial charge in [-0.15, -0.1) is 0 Å². The summed E-state index contributed by atoms with van der Waals surface area (Å²) in [5.41, 5.74) is -4.29. The zero-order chi connectivity index (χ0) is 14.6. The Labute approximate surface area is 118 Å². The molecule has 2 rings (SSSR count). The quantitative estimate of drug-likeness (QED) is 0.748. The van der Waals surface area contributed by atoms with E-state index in [2.05, 4.69) is 6.07 Å². The summed E-state index contributed by atoms with van der Waals surface area (Å²) in [6.07, 6.45) is 0. The van der Waals surface area contributed by atoms with Crippen LogP contribution in [0.15, 0.2) is 47.4 Å². The van der Waals surface area contributed by atoms with Gasteiger partial charge in [-0.05, 0) is 54.2 Å². The fraction of sp³-hybridized carbons (Fsp3) is 0.143. The summed E-state index contributed by atoms with van der Waals surface area (Å²) in [4.78, 5) is 0.109. The fourth-order valence-electron chi connectivity index (χ4n) is 1.48. The first kappa shape index (κ1) is 14.6. The van der Waals surface area contributed by atoms with E-state index in [0.29, 0.717) is 17.2 Å². The van der Waals surface area contributed by atoms with Gasteiger partial charge in [0.1, 0.15) is 5.75 Å². The summed E-state index contributed by atoms with van der Waals surface area (Å²) >= 11 is -0.162. The second-order valence-corrected chi connectivity index (χ2v) is 4.84. The van der Waals surface area contributed by atoms with Crippen molar-refractivity contribution in [2.75, 3.05) is 7.11 Å². The van der Waals surface area contributed by atoms with Crippen LogP contribution < -0.4 is 9.47 Å². The Kier molecular flexibility index (Phi) is 4.44. The number of ether oxygens (including phenoxy) is 2. The molecular formula is C14H10F3O2S. The molecule has 0 saturated heterocycles. The molecule has 0 bridgehead atoms. The zero-order valence-electron chi connectivity index (χ0n) is 10.4. The molecular weight excluding hydrogens is 289 g/mol. The molecule has 0 aromatic heterocycles. The molecule has 1 radical (unpaired) electrons. The Hall–Kier alpha value is -1.82.